The lowest BCUT2D eigenvalue weighted by Crippen LogP contribution is -2.27. The van der Waals surface area contributed by atoms with Gasteiger partial charge in [-0.3, -0.25) is 4.79 Å². The lowest BCUT2D eigenvalue weighted by molar-refractivity contribution is -0.118. The van der Waals surface area contributed by atoms with Crippen LogP contribution in [0, 0.1) is 6.92 Å². The van der Waals surface area contributed by atoms with E-state index in [1.807, 2.05) is 6.92 Å². The summed E-state index contributed by atoms with van der Waals surface area (Å²) in [5, 5.41) is 11.6. The van der Waals surface area contributed by atoms with Crippen molar-refractivity contribution < 1.29 is 9.21 Å². The van der Waals surface area contributed by atoms with Crippen molar-refractivity contribution in [3.8, 4) is 11.4 Å². The third-order valence-corrected chi connectivity index (χ3v) is 5.42. The second-order valence-electron chi connectivity index (χ2n) is 6.85. The molecule has 0 aliphatic carbocycles. The molecular formula is C20H25N5O2S. The number of carbonyl (C=O) groups is 1. The van der Waals surface area contributed by atoms with E-state index in [-0.39, 0.29) is 11.7 Å². The zero-order chi connectivity index (χ0) is 20.1. The second-order valence-corrected chi connectivity index (χ2v) is 7.79. The zero-order valence-electron chi connectivity index (χ0n) is 16.3. The Hall–Kier alpha value is -2.74. The molecule has 0 radical (unpaired) electrons. The van der Waals surface area contributed by atoms with Crippen LogP contribution in [0.15, 0.2) is 46.2 Å². The number of benzene rings is 1. The molecule has 0 spiro atoms. The van der Waals surface area contributed by atoms with Crippen LogP contribution >= 0.6 is 11.8 Å². The number of thioether (sulfide) groups is 1. The number of rotatable bonds is 8. The number of hydrogen-bond acceptors (Lipinski definition) is 6. The first-order valence-corrected chi connectivity index (χ1v) is 10.2. The van der Waals surface area contributed by atoms with Crippen LogP contribution in [0.3, 0.4) is 0 Å². The number of nitrogen functional groups attached to an aromatic ring is 1. The molecule has 0 atom stereocenters. The molecule has 8 heteroatoms. The van der Waals surface area contributed by atoms with Gasteiger partial charge >= 0.3 is 0 Å². The molecule has 3 aromatic rings. The van der Waals surface area contributed by atoms with E-state index in [1.54, 1.807) is 12.3 Å². The second kappa shape index (κ2) is 8.97. The van der Waals surface area contributed by atoms with Gasteiger partial charge < -0.3 is 15.6 Å². The van der Waals surface area contributed by atoms with Crippen LogP contribution in [0.5, 0.6) is 0 Å². The maximum Gasteiger partial charge on any atom is 0.230 e. The Morgan fingerprint density at radius 3 is 2.64 bits per heavy atom. The van der Waals surface area contributed by atoms with Gasteiger partial charge in [-0.15, -0.1) is 10.2 Å². The summed E-state index contributed by atoms with van der Waals surface area (Å²) in [6.45, 7) is 6.78. The van der Waals surface area contributed by atoms with Crippen LogP contribution in [-0.2, 0) is 11.2 Å². The maximum atomic E-state index is 12.1. The lowest BCUT2D eigenvalue weighted by atomic mass is 10.0. The maximum absolute atomic E-state index is 12.1. The highest BCUT2D eigenvalue weighted by atomic mass is 32.2. The van der Waals surface area contributed by atoms with Crippen molar-refractivity contribution >= 4 is 17.7 Å². The van der Waals surface area contributed by atoms with Crippen LogP contribution in [0.4, 0.5) is 0 Å². The number of carbonyl (C=O) groups excluding carboxylic acids is 1. The largest absolute Gasteiger partial charge is 0.469 e. The SMILES string of the molecule is Cc1occc1-c1nnc(SCC(=O)NCCc2ccc(C(C)C)cc2)n1N. The van der Waals surface area contributed by atoms with Gasteiger partial charge in [0.15, 0.2) is 5.82 Å². The molecule has 0 aliphatic rings. The summed E-state index contributed by atoms with van der Waals surface area (Å²) in [5.41, 5.74) is 3.31. The minimum Gasteiger partial charge on any atom is -0.469 e. The molecule has 0 aliphatic heterocycles. The molecular weight excluding hydrogens is 374 g/mol. The van der Waals surface area contributed by atoms with Crippen molar-refractivity contribution in [2.24, 2.45) is 0 Å². The van der Waals surface area contributed by atoms with Crippen molar-refractivity contribution in [2.45, 2.75) is 38.3 Å². The van der Waals surface area contributed by atoms with Crippen molar-refractivity contribution in [2.75, 3.05) is 18.1 Å². The first kappa shape index (κ1) is 20.0. The van der Waals surface area contributed by atoms with Gasteiger partial charge in [0.05, 0.1) is 17.6 Å². The Morgan fingerprint density at radius 2 is 2.00 bits per heavy atom. The summed E-state index contributed by atoms with van der Waals surface area (Å²) in [4.78, 5) is 12.1. The molecule has 0 unspecified atom stereocenters. The number of aryl methyl sites for hydroxylation is 1. The Labute approximate surface area is 168 Å². The van der Waals surface area contributed by atoms with Gasteiger partial charge in [0.2, 0.25) is 11.1 Å². The van der Waals surface area contributed by atoms with Crippen molar-refractivity contribution in [1.82, 2.24) is 20.2 Å². The van der Waals surface area contributed by atoms with Crippen LogP contribution in [0.1, 0.15) is 36.7 Å². The van der Waals surface area contributed by atoms with Crippen molar-refractivity contribution in [3.63, 3.8) is 0 Å². The number of nitrogens with one attached hydrogen (secondary N) is 1. The van der Waals surface area contributed by atoms with Gasteiger partial charge in [-0.2, -0.15) is 0 Å². The Morgan fingerprint density at radius 1 is 1.25 bits per heavy atom. The quantitative estimate of drug-likeness (QED) is 0.446. The molecule has 2 heterocycles. The van der Waals surface area contributed by atoms with Gasteiger partial charge in [0.25, 0.3) is 0 Å². The number of nitrogens with two attached hydrogens (primary N) is 1. The fraction of sp³-hybridized carbons (Fsp3) is 0.350. The number of amides is 1. The van der Waals surface area contributed by atoms with E-state index in [0.717, 1.165) is 17.7 Å². The summed E-state index contributed by atoms with van der Waals surface area (Å²) in [6.07, 6.45) is 2.38. The van der Waals surface area contributed by atoms with Crippen LogP contribution in [0.25, 0.3) is 11.4 Å². The summed E-state index contributed by atoms with van der Waals surface area (Å²) in [7, 11) is 0. The molecule has 3 rings (SSSR count). The monoisotopic (exact) mass is 399 g/mol. The molecule has 0 saturated carbocycles. The minimum absolute atomic E-state index is 0.0622. The molecule has 0 fully saturated rings. The lowest BCUT2D eigenvalue weighted by Gasteiger charge is -2.08. The summed E-state index contributed by atoms with van der Waals surface area (Å²) < 4.78 is 6.65. The van der Waals surface area contributed by atoms with Crippen LogP contribution in [-0.4, -0.2) is 33.1 Å². The Bertz CT molecular complexity index is 930. The smallest absolute Gasteiger partial charge is 0.230 e. The van der Waals surface area contributed by atoms with Gasteiger partial charge in [-0.1, -0.05) is 49.9 Å². The van der Waals surface area contributed by atoms with E-state index in [2.05, 4.69) is 53.6 Å². The summed E-state index contributed by atoms with van der Waals surface area (Å²) in [5.74, 6) is 7.97. The van der Waals surface area contributed by atoms with Crippen molar-refractivity contribution in [1.29, 1.82) is 0 Å². The fourth-order valence-corrected chi connectivity index (χ4v) is 3.46. The molecule has 0 saturated heterocycles. The van der Waals surface area contributed by atoms with E-state index in [9.17, 15) is 4.79 Å². The normalized spacial score (nSPS) is 11.1. The van der Waals surface area contributed by atoms with Gasteiger partial charge in [-0.05, 0) is 36.5 Å². The van der Waals surface area contributed by atoms with Gasteiger partial charge in [0.1, 0.15) is 5.76 Å². The molecule has 3 N–H and O–H groups in total. The minimum atomic E-state index is -0.0622. The van der Waals surface area contributed by atoms with E-state index >= 15 is 0 Å². The number of hydrogen-bond donors (Lipinski definition) is 2. The first-order chi connectivity index (χ1) is 13.5. The highest BCUT2D eigenvalue weighted by Crippen LogP contribution is 2.24. The third kappa shape index (κ3) is 4.75. The summed E-state index contributed by atoms with van der Waals surface area (Å²) >= 11 is 1.25. The van der Waals surface area contributed by atoms with E-state index in [4.69, 9.17) is 10.3 Å². The fourth-order valence-electron chi connectivity index (χ4n) is 2.77. The molecule has 28 heavy (non-hydrogen) atoms. The highest BCUT2D eigenvalue weighted by molar-refractivity contribution is 7.99. The summed E-state index contributed by atoms with van der Waals surface area (Å²) in [6, 6.07) is 10.3. The average Bonchev–Trinajstić information content (AvgIpc) is 3.25. The average molecular weight is 400 g/mol. The highest BCUT2D eigenvalue weighted by Gasteiger charge is 2.16. The van der Waals surface area contributed by atoms with Crippen LogP contribution in [0.2, 0.25) is 0 Å². The molecule has 0 bridgehead atoms. The van der Waals surface area contributed by atoms with Crippen molar-refractivity contribution in [3.05, 3.63) is 53.5 Å². The van der Waals surface area contributed by atoms with Crippen LogP contribution < -0.4 is 11.2 Å². The number of furan rings is 1. The molecule has 7 nitrogen and oxygen atoms in total. The topological polar surface area (TPSA) is 99.0 Å². The molecule has 1 amide bonds. The predicted molar refractivity (Wildman–Crippen MR) is 111 cm³/mol. The third-order valence-electron chi connectivity index (χ3n) is 4.48. The van der Waals surface area contributed by atoms with Gasteiger partial charge in [0, 0.05) is 6.54 Å². The molecule has 2 aromatic heterocycles. The van der Waals surface area contributed by atoms with Gasteiger partial charge in [-0.25, -0.2) is 4.68 Å². The Kier molecular flexibility index (Phi) is 6.41. The first-order valence-electron chi connectivity index (χ1n) is 9.19. The van der Waals surface area contributed by atoms with E-state index < -0.39 is 0 Å². The van der Waals surface area contributed by atoms with E-state index in [0.29, 0.717) is 23.4 Å². The zero-order valence-corrected chi connectivity index (χ0v) is 17.1. The molecule has 1 aromatic carbocycles. The number of nitrogens with zero attached hydrogens (tertiary/aromatic N) is 3. The standard InChI is InChI=1S/C20H25N5O2S/c1-13(2)16-6-4-15(5-7-16)8-10-22-18(26)12-28-20-24-23-19(25(20)21)17-9-11-27-14(17)3/h4-7,9,11,13H,8,10,12,21H2,1-3H3,(H,22,26). The Balaban J connectivity index is 1.46. The predicted octanol–water partition coefficient (Wildman–Crippen LogP) is 3.13. The molecule has 148 valence electrons. The van der Waals surface area contributed by atoms with E-state index in [1.165, 1.54) is 27.6 Å². The number of aromatic nitrogens is 3.